The molecule has 0 saturated carbocycles. The Morgan fingerprint density at radius 3 is 2.45 bits per heavy atom. The SMILES string of the molecule is C=CCn1c(SCc2ccc(F)cc2)nnc(Nc2ccc(C(C)C)cc2)c1=O. The standard InChI is InChI=1S/C22H23FN4OS/c1-4-13-27-21(28)20(24-19-11-7-17(8-12-19)15(2)3)25-26-22(27)29-14-16-5-9-18(23)10-6-16/h4-12,15H,1,13-14H2,2-3H3,(H,24,25). The molecule has 0 saturated heterocycles. The van der Waals surface area contributed by atoms with Gasteiger partial charge in [0.25, 0.3) is 5.56 Å². The van der Waals surface area contributed by atoms with Crippen LogP contribution in [0.3, 0.4) is 0 Å². The van der Waals surface area contributed by atoms with Gasteiger partial charge in [0.1, 0.15) is 5.82 Å². The van der Waals surface area contributed by atoms with E-state index in [4.69, 9.17) is 0 Å². The number of hydrogen-bond donors (Lipinski definition) is 1. The zero-order chi connectivity index (χ0) is 20.8. The van der Waals surface area contributed by atoms with Crippen molar-refractivity contribution >= 4 is 23.3 Å². The Bertz CT molecular complexity index is 1030. The molecule has 3 rings (SSSR count). The van der Waals surface area contributed by atoms with Crippen molar-refractivity contribution in [1.82, 2.24) is 14.8 Å². The maximum absolute atomic E-state index is 13.1. The lowest BCUT2D eigenvalue weighted by Crippen LogP contribution is -2.26. The van der Waals surface area contributed by atoms with E-state index in [1.165, 1.54) is 34.0 Å². The van der Waals surface area contributed by atoms with Crippen molar-refractivity contribution in [3.05, 3.63) is 88.5 Å². The van der Waals surface area contributed by atoms with Gasteiger partial charge in [-0.3, -0.25) is 9.36 Å². The van der Waals surface area contributed by atoms with Crippen LogP contribution in [-0.2, 0) is 12.3 Å². The maximum atomic E-state index is 13.1. The van der Waals surface area contributed by atoms with Gasteiger partial charge in [0.15, 0.2) is 5.16 Å². The summed E-state index contributed by atoms with van der Waals surface area (Å²) in [6, 6.07) is 14.1. The predicted molar refractivity (Wildman–Crippen MR) is 116 cm³/mol. The Kier molecular flexibility index (Phi) is 6.82. The smallest absolute Gasteiger partial charge is 0.297 e. The van der Waals surface area contributed by atoms with Crippen LogP contribution >= 0.6 is 11.8 Å². The number of thioether (sulfide) groups is 1. The molecule has 1 aromatic heterocycles. The number of halogens is 1. The minimum Gasteiger partial charge on any atom is -0.334 e. The lowest BCUT2D eigenvalue weighted by Gasteiger charge is -2.12. The molecule has 0 unspecified atom stereocenters. The van der Waals surface area contributed by atoms with Gasteiger partial charge in [-0.05, 0) is 41.3 Å². The van der Waals surface area contributed by atoms with E-state index < -0.39 is 0 Å². The number of aromatic nitrogens is 3. The largest absolute Gasteiger partial charge is 0.334 e. The molecular weight excluding hydrogens is 387 g/mol. The zero-order valence-corrected chi connectivity index (χ0v) is 17.2. The van der Waals surface area contributed by atoms with Crippen LogP contribution in [-0.4, -0.2) is 14.8 Å². The van der Waals surface area contributed by atoms with Gasteiger partial charge in [-0.2, -0.15) is 0 Å². The first-order valence-corrected chi connectivity index (χ1v) is 10.3. The van der Waals surface area contributed by atoms with Gasteiger partial charge >= 0.3 is 0 Å². The number of nitrogens with one attached hydrogen (secondary N) is 1. The van der Waals surface area contributed by atoms with Gasteiger partial charge in [0.05, 0.1) is 0 Å². The number of hydrogen-bond acceptors (Lipinski definition) is 5. The summed E-state index contributed by atoms with van der Waals surface area (Å²) in [6.07, 6.45) is 1.65. The van der Waals surface area contributed by atoms with Crippen LogP contribution in [0.25, 0.3) is 0 Å². The fourth-order valence-corrected chi connectivity index (χ4v) is 3.60. The molecule has 0 spiro atoms. The minimum absolute atomic E-state index is 0.162. The molecule has 0 radical (unpaired) electrons. The highest BCUT2D eigenvalue weighted by atomic mass is 32.2. The molecule has 0 aliphatic rings. The summed E-state index contributed by atoms with van der Waals surface area (Å²) in [5.41, 5.74) is 2.66. The maximum Gasteiger partial charge on any atom is 0.297 e. The van der Waals surface area contributed by atoms with Gasteiger partial charge in [0, 0.05) is 18.0 Å². The van der Waals surface area contributed by atoms with Crippen LogP contribution in [0.2, 0.25) is 0 Å². The Labute approximate surface area is 173 Å². The molecule has 0 fully saturated rings. The summed E-state index contributed by atoms with van der Waals surface area (Å²) in [7, 11) is 0. The number of anilines is 2. The molecule has 0 aliphatic carbocycles. The first-order valence-electron chi connectivity index (χ1n) is 9.30. The van der Waals surface area contributed by atoms with Crippen LogP contribution < -0.4 is 10.9 Å². The third kappa shape index (κ3) is 5.32. The summed E-state index contributed by atoms with van der Waals surface area (Å²) < 4.78 is 14.6. The Hall–Kier alpha value is -2.93. The molecule has 0 amide bonds. The van der Waals surface area contributed by atoms with Crippen LogP contribution in [0.4, 0.5) is 15.9 Å². The summed E-state index contributed by atoms with van der Waals surface area (Å²) >= 11 is 1.37. The fraction of sp³-hybridized carbons (Fsp3) is 0.227. The molecule has 0 bridgehead atoms. The molecule has 0 aliphatic heterocycles. The molecule has 0 atom stereocenters. The van der Waals surface area contributed by atoms with E-state index in [1.54, 1.807) is 18.2 Å². The normalized spacial score (nSPS) is 10.9. The molecule has 1 heterocycles. The van der Waals surface area contributed by atoms with Crippen molar-refractivity contribution in [2.45, 2.75) is 37.2 Å². The van der Waals surface area contributed by atoms with Gasteiger partial charge in [0.2, 0.25) is 5.82 Å². The van der Waals surface area contributed by atoms with Gasteiger partial charge < -0.3 is 5.32 Å². The third-order valence-corrected chi connectivity index (χ3v) is 5.39. The second-order valence-electron chi connectivity index (χ2n) is 6.85. The van der Waals surface area contributed by atoms with Gasteiger partial charge in [-0.15, -0.1) is 16.8 Å². The molecule has 150 valence electrons. The van der Waals surface area contributed by atoms with Crippen LogP contribution in [0.15, 0.2) is 71.1 Å². The molecular formula is C22H23FN4OS. The minimum atomic E-state index is -0.279. The van der Waals surface area contributed by atoms with Crippen molar-refractivity contribution in [3.63, 3.8) is 0 Å². The van der Waals surface area contributed by atoms with E-state index in [0.29, 0.717) is 23.4 Å². The van der Waals surface area contributed by atoms with Crippen LogP contribution in [0.1, 0.15) is 30.9 Å². The predicted octanol–water partition coefficient (Wildman–Crippen LogP) is 5.12. The number of rotatable bonds is 8. The molecule has 1 N–H and O–H groups in total. The molecule has 3 aromatic rings. The monoisotopic (exact) mass is 410 g/mol. The second-order valence-corrected chi connectivity index (χ2v) is 7.79. The van der Waals surface area contributed by atoms with Crippen molar-refractivity contribution < 1.29 is 4.39 Å². The van der Waals surface area contributed by atoms with Crippen molar-refractivity contribution in [2.75, 3.05) is 5.32 Å². The average Bonchev–Trinajstić information content (AvgIpc) is 2.72. The zero-order valence-electron chi connectivity index (χ0n) is 16.4. The van der Waals surface area contributed by atoms with E-state index in [0.717, 1.165) is 11.3 Å². The second kappa shape index (κ2) is 9.52. The summed E-state index contributed by atoms with van der Waals surface area (Å²) in [5, 5.41) is 11.9. The van der Waals surface area contributed by atoms with Crippen molar-refractivity contribution in [3.8, 4) is 0 Å². The third-order valence-electron chi connectivity index (χ3n) is 4.35. The molecule has 7 heteroatoms. The Morgan fingerprint density at radius 2 is 1.83 bits per heavy atom. The summed E-state index contributed by atoms with van der Waals surface area (Å²) in [4.78, 5) is 12.9. The fourth-order valence-electron chi connectivity index (χ4n) is 2.70. The van der Waals surface area contributed by atoms with Gasteiger partial charge in [-0.25, -0.2) is 4.39 Å². The van der Waals surface area contributed by atoms with Crippen LogP contribution in [0, 0.1) is 5.82 Å². The van der Waals surface area contributed by atoms with E-state index in [1.807, 2.05) is 24.3 Å². The first kappa shape index (κ1) is 20.8. The Morgan fingerprint density at radius 1 is 1.14 bits per heavy atom. The van der Waals surface area contributed by atoms with E-state index in [9.17, 15) is 9.18 Å². The summed E-state index contributed by atoms with van der Waals surface area (Å²) in [5.74, 6) is 0.870. The highest BCUT2D eigenvalue weighted by Gasteiger charge is 2.13. The lowest BCUT2D eigenvalue weighted by molar-refractivity contribution is 0.625. The number of nitrogens with zero attached hydrogens (tertiary/aromatic N) is 3. The average molecular weight is 411 g/mol. The highest BCUT2D eigenvalue weighted by molar-refractivity contribution is 7.98. The van der Waals surface area contributed by atoms with Crippen molar-refractivity contribution in [2.24, 2.45) is 0 Å². The quantitative estimate of drug-likeness (QED) is 0.412. The summed E-state index contributed by atoms with van der Waals surface area (Å²) in [6.45, 7) is 8.31. The molecule has 2 aromatic carbocycles. The topological polar surface area (TPSA) is 59.8 Å². The van der Waals surface area contributed by atoms with E-state index >= 15 is 0 Å². The van der Waals surface area contributed by atoms with Crippen LogP contribution in [0.5, 0.6) is 0 Å². The number of allylic oxidation sites excluding steroid dienone is 1. The van der Waals surface area contributed by atoms with E-state index in [-0.39, 0.29) is 17.2 Å². The number of benzene rings is 2. The van der Waals surface area contributed by atoms with E-state index in [2.05, 4.69) is 35.9 Å². The highest BCUT2D eigenvalue weighted by Crippen LogP contribution is 2.22. The first-order chi connectivity index (χ1) is 14.0. The van der Waals surface area contributed by atoms with Gasteiger partial charge in [-0.1, -0.05) is 56.0 Å². The Balaban J connectivity index is 1.81. The molecule has 5 nitrogen and oxygen atoms in total. The molecule has 29 heavy (non-hydrogen) atoms. The lowest BCUT2D eigenvalue weighted by atomic mass is 10.0. The van der Waals surface area contributed by atoms with Crippen molar-refractivity contribution in [1.29, 1.82) is 0 Å².